The van der Waals surface area contributed by atoms with Crippen LogP contribution in [0.1, 0.15) is 11.8 Å². The Morgan fingerprint density at radius 2 is 2.20 bits per heavy atom. The number of fused-ring (bicyclic) bond motifs is 1. The van der Waals surface area contributed by atoms with Crippen molar-refractivity contribution in [2.45, 2.75) is 13.3 Å². The SMILES string of the molecule is CCc1cc2c(N3CCS(=O)CC3)nc(NN)nc2s1. The van der Waals surface area contributed by atoms with Crippen molar-refractivity contribution in [3.05, 3.63) is 10.9 Å². The molecule has 20 heavy (non-hydrogen) atoms. The van der Waals surface area contributed by atoms with E-state index in [0.29, 0.717) is 17.5 Å². The molecule has 0 unspecified atom stereocenters. The highest BCUT2D eigenvalue weighted by atomic mass is 32.2. The first-order valence-corrected chi connectivity index (χ1v) is 8.88. The summed E-state index contributed by atoms with van der Waals surface area (Å²) in [5.74, 6) is 8.19. The van der Waals surface area contributed by atoms with Gasteiger partial charge in [-0.2, -0.15) is 4.98 Å². The molecule has 1 aliphatic heterocycles. The molecule has 2 aromatic heterocycles. The predicted molar refractivity (Wildman–Crippen MR) is 84.7 cm³/mol. The number of anilines is 2. The van der Waals surface area contributed by atoms with Crippen LogP contribution in [0.15, 0.2) is 6.07 Å². The van der Waals surface area contributed by atoms with Crippen LogP contribution in [-0.2, 0) is 17.2 Å². The Morgan fingerprint density at radius 1 is 1.45 bits per heavy atom. The first-order valence-electron chi connectivity index (χ1n) is 6.58. The predicted octanol–water partition coefficient (Wildman–Crippen LogP) is 1.11. The lowest BCUT2D eigenvalue weighted by molar-refractivity contribution is 0.672. The minimum absolute atomic E-state index is 0.434. The third kappa shape index (κ3) is 2.50. The van der Waals surface area contributed by atoms with E-state index in [1.807, 2.05) is 0 Å². The van der Waals surface area contributed by atoms with E-state index in [0.717, 1.165) is 35.5 Å². The molecule has 0 radical (unpaired) electrons. The Hall–Kier alpha value is -1.25. The number of nitrogens with one attached hydrogen (secondary N) is 1. The average Bonchev–Trinajstić information content (AvgIpc) is 2.90. The third-order valence-electron chi connectivity index (χ3n) is 3.38. The number of nitrogens with two attached hydrogens (primary N) is 1. The van der Waals surface area contributed by atoms with Gasteiger partial charge in [0.1, 0.15) is 10.6 Å². The molecule has 3 heterocycles. The molecule has 1 saturated heterocycles. The second kappa shape index (κ2) is 5.63. The lowest BCUT2D eigenvalue weighted by atomic mass is 10.3. The zero-order valence-electron chi connectivity index (χ0n) is 11.3. The number of hydrazine groups is 1. The number of aromatic nitrogens is 2. The fraction of sp³-hybridized carbons (Fsp3) is 0.500. The molecule has 2 aromatic rings. The molecule has 6 nitrogen and oxygen atoms in total. The summed E-state index contributed by atoms with van der Waals surface area (Å²) >= 11 is 1.67. The number of hydrogen-bond donors (Lipinski definition) is 2. The fourth-order valence-electron chi connectivity index (χ4n) is 2.29. The van der Waals surface area contributed by atoms with Crippen molar-refractivity contribution in [1.29, 1.82) is 0 Å². The molecule has 1 fully saturated rings. The van der Waals surface area contributed by atoms with Crippen LogP contribution in [0.5, 0.6) is 0 Å². The summed E-state index contributed by atoms with van der Waals surface area (Å²) < 4.78 is 11.5. The van der Waals surface area contributed by atoms with Crippen LogP contribution in [0.25, 0.3) is 10.2 Å². The van der Waals surface area contributed by atoms with E-state index in [4.69, 9.17) is 5.84 Å². The zero-order chi connectivity index (χ0) is 14.1. The monoisotopic (exact) mass is 311 g/mol. The van der Waals surface area contributed by atoms with Gasteiger partial charge in [-0.15, -0.1) is 11.3 Å². The number of hydrogen-bond acceptors (Lipinski definition) is 7. The van der Waals surface area contributed by atoms with Gasteiger partial charge in [-0.1, -0.05) is 6.92 Å². The third-order valence-corrected chi connectivity index (χ3v) is 5.83. The van der Waals surface area contributed by atoms with Gasteiger partial charge in [0.2, 0.25) is 5.95 Å². The zero-order valence-corrected chi connectivity index (χ0v) is 12.9. The maximum atomic E-state index is 11.5. The van der Waals surface area contributed by atoms with Gasteiger partial charge in [-0.25, -0.2) is 10.8 Å². The summed E-state index contributed by atoms with van der Waals surface area (Å²) in [6.07, 6.45) is 0.982. The molecular weight excluding hydrogens is 294 g/mol. The Morgan fingerprint density at radius 3 is 2.85 bits per heavy atom. The highest BCUT2D eigenvalue weighted by Gasteiger charge is 2.21. The van der Waals surface area contributed by atoms with Crippen LogP contribution in [0.2, 0.25) is 0 Å². The second-order valence-corrected chi connectivity index (χ2v) is 7.45. The number of rotatable bonds is 3. The van der Waals surface area contributed by atoms with Crippen LogP contribution in [-0.4, -0.2) is 38.8 Å². The standard InChI is InChI=1S/C12H17N5OS2/c1-2-8-7-9-10(17-3-5-20(18)6-4-17)14-12(16-13)15-11(9)19-8/h7H,2-6,13H2,1H3,(H,14,15,16). The summed E-state index contributed by atoms with van der Waals surface area (Å²) in [6.45, 7) is 3.66. The molecule has 3 rings (SSSR count). The van der Waals surface area contributed by atoms with Crippen LogP contribution in [0, 0.1) is 0 Å². The topological polar surface area (TPSA) is 84.1 Å². The molecule has 0 atom stereocenters. The van der Waals surface area contributed by atoms with Gasteiger partial charge < -0.3 is 4.90 Å². The fourth-order valence-corrected chi connectivity index (χ4v) is 4.30. The van der Waals surface area contributed by atoms with Gasteiger partial charge in [0.05, 0.1) is 5.39 Å². The number of aryl methyl sites for hydroxylation is 1. The average molecular weight is 311 g/mol. The minimum Gasteiger partial charge on any atom is -0.354 e. The normalized spacial score (nSPS) is 16.8. The van der Waals surface area contributed by atoms with Crippen LogP contribution < -0.4 is 16.2 Å². The van der Waals surface area contributed by atoms with E-state index in [1.165, 1.54) is 4.88 Å². The van der Waals surface area contributed by atoms with Crippen molar-refractivity contribution in [3.8, 4) is 0 Å². The first-order chi connectivity index (χ1) is 9.71. The van der Waals surface area contributed by atoms with Crippen LogP contribution in [0.3, 0.4) is 0 Å². The van der Waals surface area contributed by atoms with Crippen LogP contribution >= 0.6 is 11.3 Å². The molecule has 0 spiro atoms. The first kappa shape index (κ1) is 13.7. The summed E-state index contributed by atoms with van der Waals surface area (Å²) in [4.78, 5) is 13.3. The second-order valence-electron chi connectivity index (χ2n) is 4.64. The lowest BCUT2D eigenvalue weighted by Gasteiger charge is -2.27. The smallest absolute Gasteiger partial charge is 0.240 e. The van der Waals surface area contributed by atoms with E-state index in [9.17, 15) is 4.21 Å². The molecule has 3 N–H and O–H groups in total. The van der Waals surface area contributed by atoms with Crippen molar-refractivity contribution < 1.29 is 4.21 Å². The summed E-state index contributed by atoms with van der Waals surface area (Å²) in [7, 11) is -0.695. The summed E-state index contributed by atoms with van der Waals surface area (Å²) in [6, 6.07) is 2.15. The van der Waals surface area contributed by atoms with Gasteiger partial charge in [0.15, 0.2) is 0 Å². The van der Waals surface area contributed by atoms with Crippen molar-refractivity contribution in [3.63, 3.8) is 0 Å². The minimum atomic E-state index is -0.695. The van der Waals surface area contributed by atoms with Crippen molar-refractivity contribution >= 4 is 44.1 Å². The number of thiophene rings is 1. The van der Waals surface area contributed by atoms with Gasteiger partial charge in [0, 0.05) is 40.3 Å². The van der Waals surface area contributed by atoms with Crippen molar-refractivity contribution in [2.24, 2.45) is 5.84 Å². The number of nitrogens with zero attached hydrogens (tertiary/aromatic N) is 3. The molecule has 1 aliphatic rings. The van der Waals surface area contributed by atoms with Gasteiger partial charge in [0.25, 0.3) is 0 Å². The largest absolute Gasteiger partial charge is 0.354 e. The molecule has 108 valence electrons. The maximum Gasteiger partial charge on any atom is 0.240 e. The maximum absolute atomic E-state index is 11.5. The molecular formula is C12H17N5OS2. The highest BCUT2D eigenvalue weighted by Crippen LogP contribution is 2.32. The molecule has 0 aliphatic carbocycles. The van der Waals surface area contributed by atoms with Crippen molar-refractivity contribution in [1.82, 2.24) is 9.97 Å². The number of nitrogen functional groups attached to an aromatic ring is 1. The molecule has 0 saturated carbocycles. The van der Waals surface area contributed by atoms with Crippen LogP contribution in [0.4, 0.5) is 11.8 Å². The van der Waals surface area contributed by atoms with E-state index in [-0.39, 0.29) is 0 Å². The van der Waals surface area contributed by atoms with E-state index >= 15 is 0 Å². The Balaban J connectivity index is 2.07. The lowest BCUT2D eigenvalue weighted by Crippen LogP contribution is -2.38. The Kier molecular flexibility index (Phi) is 3.86. The summed E-state index contributed by atoms with van der Waals surface area (Å²) in [5, 5.41) is 1.07. The summed E-state index contributed by atoms with van der Waals surface area (Å²) in [5.41, 5.74) is 2.53. The molecule has 8 heteroatoms. The quantitative estimate of drug-likeness (QED) is 0.652. The van der Waals surface area contributed by atoms with Gasteiger partial charge in [-0.3, -0.25) is 9.63 Å². The van der Waals surface area contributed by atoms with E-state index < -0.39 is 10.8 Å². The molecule has 0 aromatic carbocycles. The van der Waals surface area contributed by atoms with E-state index in [1.54, 1.807) is 11.3 Å². The Bertz CT molecular complexity index is 647. The van der Waals surface area contributed by atoms with Crippen molar-refractivity contribution in [2.75, 3.05) is 34.9 Å². The van der Waals surface area contributed by atoms with Gasteiger partial charge >= 0.3 is 0 Å². The molecule has 0 bridgehead atoms. The molecule has 0 amide bonds. The highest BCUT2D eigenvalue weighted by molar-refractivity contribution is 7.85. The van der Waals surface area contributed by atoms with Gasteiger partial charge in [-0.05, 0) is 12.5 Å². The Labute approximate surface area is 123 Å². The van der Waals surface area contributed by atoms with E-state index in [2.05, 4.69) is 33.3 Å².